The summed E-state index contributed by atoms with van der Waals surface area (Å²) in [6, 6.07) is 2.71. The quantitative estimate of drug-likeness (QED) is 0.373. The van der Waals surface area contributed by atoms with E-state index in [1.807, 2.05) is 0 Å². The largest absolute Gasteiger partial charge is 0.464 e. The molecular formula is C16H16N4O8. The fourth-order valence-electron chi connectivity index (χ4n) is 2.38. The highest BCUT2D eigenvalue weighted by Crippen LogP contribution is 2.24. The van der Waals surface area contributed by atoms with Crippen LogP contribution in [0.1, 0.15) is 40.1 Å². The Hall–Kier alpha value is -3.83. The summed E-state index contributed by atoms with van der Waals surface area (Å²) in [6.45, 7) is 1.89. The van der Waals surface area contributed by atoms with Gasteiger partial charge in [-0.3, -0.25) is 25.0 Å². The number of rotatable bonds is 8. The summed E-state index contributed by atoms with van der Waals surface area (Å²) in [7, 11) is 1.18. The van der Waals surface area contributed by atoms with Crippen molar-refractivity contribution in [1.82, 2.24) is 9.88 Å². The molecule has 0 aliphatic rings. The molecule has 0 bridgehead atoms. The van der Waals surface area contributed by atoms with Gasteiger partial charge < -0.3 is 14.1 Å². The SMILES string of the molecule is CCCN(Cc1nc(C(=O)OC)co1)C(=O)c1cc([N+](=O)[O-])cc([N+](=O)[O-])c1. The zero-order valence-electron chi connectivity index (χ0n) is 15.0. The number of ether oxygens (including phenoxy) is 1. The molecule has 0 atom stereocenters. The number of esters is 1. The normalized spacial score (nSPS) is 10.4. The molecule has 0 spiro atoms. The van der Waals surface area contributed by atoms with Crippen LogP contribution in [0.25, 0.3) is 0 Å². The predicted molar refractivity (Wildman–Crippen MR) is 92.6 cm³/mol. The van der Waals surface area contributed by atoms with E-state index in [0.29, 0.717) is 6.42 Å². The number of nitrogens with zero attached hydrogens (tertiary/aromatic N) is 4. The van der Waals surface area contributed by atoms with Gasteiger partial charge in [0, 0.05) is 18.7 Å². The number of hydrogen-bond acceptors (Lipinski definition) is 9. The van der Waals surface area contributed by atoms with Crippen LogP contribution in [0.4, 0.5) is 11.4 Å². The summed E-state index contributed by atoms with van der Waals surface area (Å²) >= 11 is 0. The molecule has 0 aliphatic heterocycles. The summed E-state index contributed by atoms with van der Waals surface area (Å²) < 4.78 is 9.67. The number of methoxy groups -OCH3 is 1. The predicted octanol–water partition coefficient (Wildman–Crippen LogP) is 2.33. The van der Waals surface area contributed by atoms with E-state index in [1.165, 1.54) is 12.0 Å². The number of hydrogen-bond donors (Lipinski definition) is 0. The average Bonchev–Trinajstić information content (AvgIpc) is 3.14. The van der Waals surface area contributed by atoms with E-state index in [2.05, 4.69) is 9.72 Å². The van der Waals surface area contributed by atoms with E-state index in [-0.39, 0.29) is 30.2 Å². The summed E-state index contributed by atoms with van der Waals surface area (Å²) in [5.74, 6) is -1.34. The number of nitro benzene ring substituents is 2. The second-order valence-corrected chi connectivity index (χ2v) is 5.60. The maximum absolute atomic E-state index is 12.8. The number of carbonyl (C=O) groups is 2. The molecule has 2 rings (SSSR count). The van der Waals surface area contributed by atoms with E-state index < -0.39 is 33.1 Å². The molecule has 12 heteroatoms. The summed E-state index contributed by atoms with van der Waals surface area (Å²) in [4.78, 5) is 49.8. The molecule has 0 saturated carbocycles. The highest BCUT2D eigenvalue weighted by atomic mass is 16.6. The van der Waals surface area contributed by atoms with Crippen LogP contribution in [-0.4, -0.2) is 45.3 Å². The van der Waals surface area contributed by atoms with E-state index in [0.717, 1.165) is 24.5 Å². The molecular weight excluding hydrogens is 376 g/mol. The minimum absolute atomic E-state index is 0.0436. The molecule has 0 unspecified atom stereocenters. The second kappa shape index (κ2) is 8.70. The van der Waals surface area contributed by atoms with Gasteiger partial charge in [0.2, 0.25) is 5.89 Å². The fourth-order valence-corrected chi connectivity index (χ4v) is 2.38. The maximum Gasteiger partial charge on any atom is 0.360 e. The van der Waals surface area contributed by atoms with Crippen LogP contribution < -0.4 is 0 Å². The van der Waals surface area contributed by atoms with Gasteiger partial charge in [0.25, 0.3) is 17.3 Å². The molecule has 0 aliphatic carbocycles. The standard InChI is InChI=1S/C16H16N4O8/c1-3-4-18(8-14-17-13(9-28-14)16(22)27-2)15(21)10-5-11(19(23)24)7-12(6-10)20(25)26/h5-7,9H,3-4,8H2,1-2H3. The van der Waals surface area contributed by atoms with Gasteiger partial charge in [-0.05, 0) is 6.42 Å². The maximum atomic E-state index is 12.8. The van der Waals surface area contributed by atoms with Gasteiger partial charge in [-0.2, -0.15) is 0 Å². The van der Waals surface area contributed by atoms with Crippen LogP contribution in [0.5, 0.6) is 0 Å². The highest BCUT2D eigenvalue weighted by molar-refractivity contribution is 5.95. The molecule has 0 saturated heterocycles. The van der Waals surface area contributed by atoms with E-state index in [9.17, 15) is 29.8 Å². The fraction of sp³-hybridized carbons (Fsp3) is 0.312. The number of nitro groups is 2. The monoisotopic (exact) mass is 392 g/mol. The Morgan fingerprint density at radius 2 is 1.79 bits per heavy atom. The van der Waals surface area contributed by atoms with Crippen molar-refractivity contribution >= 4 is 23.3 Å². The zero-order chi connectivity index (χ0) is 20.8. The lowest BCUT2D eigenvalue weighted by atomic mass is 10.1. The molecule has 12 nitrogen and oxygen atoms in total. The molecule has 1 aromatic heterocycles. The van der Waals surface area contributed by atoms with Crippen molar-refractivity contribution in [2.75, 3.05) is 13.7 Å². The molecule has 1 amide bonds. The van der Waals surface area contributed by atoms with Crippen LogP contribution in [0, 0.1) is 20.2 Å². The van der Waals surface area contributed by atoms with Crippen molar-refractivity contribution in [2.24, 2.45) is 0 Å². The molecule has 1 heterocycles. The van der Waals surface area contributed by atoms with Gasteiger partial charge in [-0.25, -0.2) is 9.78 Å². The number of aromatic nitrogens is 1. The first-order chi connectivity index (χ1) is 13.3. The Labute approximate surface area is 158 Å². The van der Waals surface area contributed by atoms with Crippen LogP contribution in [0.15, 0.2) is 28.9 Å². The molecule has 2 aromatic rings. The lowest BCUT2D eigenvalue weighted by Gasteiger charge is -2.20. The number of non-ortho nitro benzene ring substituents is 2. The number of oxazole rings is 1. The van der Waals surface area contributed by atoms with E-state index in [4.69, 9.17) is 4.42 Å². The van der Waals surface area contributed by atoms with Crippen LogP contribution in [0.3, 0.4) is 0 Å². The summed E-state index contributed by atoms with van der Waals surface area (Å²) in [5.41, 5.74) is -1.43. The highest BCUT2D eigenvalue weighted by Gasteiger charge is 2.24. The van der Waals surface area contributed by atoms with Gasteiger partial charge in [0.1, 0.15) is 6.26 Å². The third-order valence-corrected chi connectivity index (χ3v) is 3.62. The first-order valence-corrected chi connectivity index (χ1v) is 8.02. The number of carbonyl (C=O) groups excluding carboxylic acids is 2. The minimum Gasteiger partial charge on any atom is -0.464 e. The van der Waals surface area contributed by atoms with Crippen molar-refractivity contribution in [3.05, 3.63) is 61.8 Å². The van der Waals surface area contributed by atoms with Gasteiger partial charge >= 0.3 is 5.97 Å². The van der Waals surface area contributed by atoms with Crippen molar-refractivity contribution in [1.29, 1.82) is 0 Å². The number of amides is 1. The van der Waals surface area contributed by atoms with Crippen LogP contribution >= 0.6 is 0 Å². The van der Waals surface area contributed by atoms with Crippen molar-refractivity contribution in [3.63, 3.8) is 0 Å². The van der Waals surface area contributed by atoms with Crippen LogP contribution in [-0.2, 0) is 11.3 Å². The summed E-state index contributed by atoms with van der Waals surface area (Å²) in [6.07, 6.45) is 1.61. The summed E-state index contributed by atoms with van der Waals surface area (Å²) in [5, 5.41) is 22.0. The Morgan fingerprint density at radius 1 is 1.18 bits per heavy atom. The van der Waals surface area contributed by atoms with Crippen molar-refractivity contribution in [2.45, 2.75) is 19.9 Å². The Morgan fingerprint density at radius 3 is 2.29 bits per heavy atom. The van der Waals surface area contributed by atoms with Crippen molar-refractivity contribution < 1.29 is 28.6 Å². The van der Waals surface area contributed by atoms with Crippen molar-refractivity contribution in [3.8, 4) is 0 Å². The Balaban J connectivity index is 2.34. The third-order valence-electron chi connectivity index (χ3n) is 3.62. The van der Waals surface area contributed by atoms with Gasteiger partial charge in [-0.1, -0.05) is 6.92 Å². The minimum atomic E-state index is -0.815. The van der Waals surface area contributed by atoms with Gasteiger partial charge in [0.05, 0.1) is 35.1 Å². The van der Waals surface area contributed by atoms with Gasteiger partial charge in [-0.15, -0.1) is 0 Å². The first-order valence-electron chi connectivity index (χ1n) is 8.02. The lowest BCUT2D eigenvalue weighted by Crippen LogP contribution is -2.31. The average molecular weight is 392 g/mol. The van der Waals surface area contributed by atoms with E-state index in [1.54, 1.807) is 6.92 Å². The Kier molecular flexibility index (Phi) is 6.37. The molecule has 148 valence electrons. The number of benzene rings is 1. The smallest absolute Gasteiger partial charge is 0.360 e. The molecule has 28 heavy (non-hydrogen) atoms. The second-order valence-electron chi connectivity index (χ2n) is 5.60. The zero-order valence-corrected chi connectivity index (χ0v) is 15.0. The van der Waals surface area contributed by atoms with E-state index >= 15 is 0 Å². The molecule has 1 aromatic carbocycles. The Bertz CT molecular complexity index is 891. The van der Waals surface area contributed by atoms with Crippen LogP contribution in [0.2, 0.25) is 0 Å². The molecule has 0 N–H and O–H groups in total. The topological polar surface area (TPSA) is 159 Å². The van der Waals surface area contributed by atoms with Gasteiger partial charge in [0.15, 0.2) is 5.69 Å². The molecule has 0 fully saturated rings. The molecule has 0 radical (unpaired) electrons. The first kappa shape index (κ1) is 20.5. The lowest BCUT2D eigenvalue weighted by molar-refractivity contribution is -0.394. The third kappa shape index (κ3) is 4.66.